The van der Waals surface area contributed by atoms with Crippen molar-refractivity contribution in [3.05, 3.63) is 60.2 Å². The summed E-state index contributed by atoms with van der Waals surface area (Å²) in [6.07, 6.45) is 4.14. The number of ether oxygens (including phenoxy) is 1. The summed E-state index contributed by atoms with van der Waals surface area (Å²) >= 11 is 0. The van der Waals surface area contributed by atoms with Gasteiger partial charge in [-0.15, -0.1) is 0 Å². The highest BCUT2D eigenvalue weighted by molar-refractivity contribution is 5.94. The Labute approximate surface area is 139 Å². The third kappa shape index (κ3) is 3.94. The van der Waals surface area contributed by atoms with E-state index in [-0.39, 0.29) is 24.2 Å². The van der Waals surface area contributed by atoms with Crippen LogP contribution in [0.15, 0.2) is 48.9 Å². The van der Waals surface area contributed by atoms with Gasteiger partial charge >= 0.3 is 0 Å². The van der Waals surface area contributed by atoms with Crippen molar-refractivity contribution in [2.24, 2.45) is 0 Å². The van der Waals surface area contributed by atoms with E-state index in [1.807, 2.05) is 30.3 Å². The van der Waals surface area contributed by atoms with Crippen molar-refractivity contribution in [2.45, 2.75) is 6.10 Å². The monoisotopic (exact) mass is 326 g/mol. The lowest BCUT2D eigenvalue weighted by atomic mass is 10.1. The minimum absolute atomic E-state index is 0.0725. The normalized spacial score (nSPS) is 17.3. The van der Waals surface area contributed by atoms with Crippen LogP contribution in [0.25, 0.3) is 0 Å². The van der Waals surface area contributed by atoms with Gasteiger partial charge in [0.2, 0.25) is 5.91 Å². The van der Waals surface area contributed by atoms with Crippen molar-refractivity contribution in [2.75, 3.05) is 26.2 Å². The molecule has 1 aromatic carbocycles. The van der Waals surface area contributed by atoms with Crippen LogP contribution < -0.4 is 5.32 Å². The van der Waals surface area contributed by atoms with E-state index in [0.717, 1.165) is 5.56 Å². The Hall–Kier alpha value is -2.80. The minimum Gasteiger partial charge on any atom is -0.370 e. The molecule has 1 aromatic heterocycles. The Kier molecular flexibility index (Phi) is 5.12. The number of benzene rings is 1. The second kappa shape index (κ2) is 7.65. The minimum atomic E-state index is -0.413. The standard InChI is InChI=1S/C17H18N4O3/c22-16(11-20-17(23)14-10-18-6-7-19-14)21-8-9-24-15(12-21)13-4-2-1-3-5-13/h1-7,10,15H,8-9,11-12H2,(H,20,23)/t15-/m1/s1. The van der Waals surface area contributed by atoms with E-state index in [0.29, 0.717) is 19.7 Å². The average molecular weight is 326 g/mol. The predicted octanol–water partition coefficient (Wildman–Crippen LogP) is 0.806. The molecule has 0 radical (unpaired) electrons. The molecule has 24 heavy (non-hydrogen) atoms. The third-order valence-corrected chi connectivity index (χ3v) is 3.79. The van der Waals surface area contributed by atoms with Crippen LogP contribution in [0.5, 0.6) is 0 Å². The molecule has 1 N–H and O–H groups in total. The SMILES string of the molecule is O=C(NCC(=O)N1CCO[C@@H](c2ccccc2)C1)c1cnccn1. The van der Waals surface area contributed by atoms with Crippen LogP contribution >= 0.6 is 0 Å². The summed E-state index contributed by atoms with van der Waals surface area (Å²) in [6, 6.07) is 9.79. The summed E-state index contributed by atoms with van der Waals surface area (Å²) in [5.74, 6) is -0.555. The van der Waals surface area contributed by atoms with Crippen LogP contribution in [0.2, 0.25) is 0 Å². The number of morpholine rings is 1. The van der Waals surface area contributed by atoms with Gasteiger partial charge in [0.25, 0.3) is 5.91 Å². The lowest BCUT2D eigenvalue weighted by molar-refractivity contribution is -0.137. The highest BCUT2D eigenvalue weighted by atomic mass is 16.5. The van der Waals surface area contributed by atoms with Crippen molar-refractivity contribution >= 4 is 11.8 Å². The highest BCUT2D eigenvalue weighted by Crippen LogP contribution is 2.21. The molecule has 1 atom stereocenters. The molecule has 2 aromatic rings. The van der Waals surface area contributed by atoms with Gasteiger partial charge in [0, 0.05) is 18.9 Å². The number of rotatable bonds is 4. The van der Waals surface area contributed by atoms with E-state index in [4.69, 9.17) is 4.74 Å². The van der Waals surface area contributed by atoms with Gasteiger partial charge in [-0.05, 0) is 5.56 Å². The van der Waals surface area contributed by atoms with E-state index < -0.39 is 5.91 Å². The van der Waals surface area contributed by atoms with Gasteiger partial charge < -0.3 is 15.0 Å². The van der Waals surface area contributed by atoms with E-state index in [9.17, 15) is 9.59 Å². The predicted molar refractivity (Wildman–Crippen MR) is 86.1 cm³/mol. The summed E-state index contributed by atoms with van der Waals surface area (Å²) < 4.78 is 5.74. The summed E-state index contributed by atoms with van der Waals surface area (Å²) in [6.45, 7) is 1.40. The lowest BCUT2D eigenvalue weighted by Gasteiger charge is -2.33. The molecule has 3 rings (SSSR count). The topological polar surface area (TPSA) is 84.4 Å². The van der Waals surface area contributed by atoms with E-state index in [1.165, 1.54) is 18.6 Å². The smallest absolute Gasteiger partial charge is 0.271 e. The second-order valence-electron chi connectivity index (χ2n) is 5.38. The van der Waals surface area contributed by atoms with Crippen LogP contribution in [0.4, 0.5) is 0 Å². The molecule has 0 saturated carbocycles. The maximum absolute atomic E-state index is 12.3. The van der Waals surface area contributed by atoms with Gasteiger partial charge in [0.1, 0.15) is 11.8 Å². The zero-order valence-corrected chi connectivity index (χ0v) is 13.1. The van der Waals surface area contributed by atoms with Gasteiger partial charge in [0.05, 0.1) is 25.9 Å². The quantitative estimate of drug-likeness (QED) is 0.899. The van der Waals surface area contributed by atoms with Crippen molar-refractivity contribution in [3.8, 4) is 0 Å². The maximum atomic E-state index is 12.3. The number of carbonyl (C=O) groups is 2. The zero-order valence-electron chi connectivity index (χ0n) is 13.1. The molecule has 7 heteroatoms. The molecule has 2 amide bonds. The molecule has 2 heterocycles. The summed E-state index contributed by atoms with van der Waals surface area (Å²) in [4.78, 5) is 33.7. The molecule has 0 unspecified atom stereocenters. The van der Waals surface area contributed by atoms with E-state index >= 15 is 0 Å². The summed E-state index contributed by atoms with van der Waals surface area (Å²) in [7, 11) is 0. The molecule has 7 nitrogen and oxygen atoms in total. The molecule has 1 aliphatic rings. The van der Waals surface area contributed by atoms with Gasteiger partial charge in [-0.1, -0.05) is 30.3 Å². The van der Waals surface area contributed by atoms with Crippen molar-refractivity contribution in [1.82, 2.24) is 20.2 Å². The van der Waals surface area contributed by atoms with E-state index in [2.05, 4.69) is 15.3 Å². The summed E-state index contributed by atoms with van der Waals surface area (Å²) in [5, 5.41) is 2.58. The third-order valence-electron chi connectivity index (χ3n) is 3.79. The Morgan fingerprint density at radius 3 is 2.83 bits per heavy atom. The maximum Gasteiger partial charge on any atom is 0.271 e. The lowest BCUT2D eigenvalue weighted by Crippen LogP contribution is -2.46. The molecule has 0 spiro atoms. The van der Waals surface area contributed by atoms with Crippen LogP contribution in [-0.4, -0.2) is 52.9 Å². The van der Waals surface area contributed by atoms with Gasteiger partial charge in [-0.3, -0.25) is 14.6 Å². The molecular weight excluding hydrogens is 308 g/mol. The molecule has 0 aliphatic carbocycles. The molecule has 1 saturated heterocycles. The first-order chi connectivity index (χ1) is 11.7. The fourth-order valence-corrected chi connectivity index (χ4v) is 2.52. The number of nitrogens with zero attached hydrogens (tertiary/aromatic N) is 3. The number of aromatic nitrogens is 2. The fourth-order valence-electron chi connectivity index (χ4n) is 2.52. The molecule has 1 aliphatic heterocycles. The zero-order chi connectivity index (χ0) is 16.8. The number of nitrogens with one attached hydrogen (secondary N) is 1. The van der Waals surface area contributed by atoms with Gasteiger partial charge in [-0.25, -0.2) is 4.98 Å². The van der Waals surface area contributed by atoms with E-state index in [1.54, 1.807) is 4.90 Å². The van der Waals surface area contributed by atoms with Gasteiger partial charge in [0.15, 0.2) is 0 Å². The Morgan fingerprint density at radius 2 is 2.08 bits per heavy atom. The number of hydrogen-bond acceptors (Lipinski definition) is 5. The van der Waals surface area contributed by atoms with Crippen molar-refractivity contribution < 1.29 is 14.3 Å². The van der Waals surface area contributed by atoms with Crippen LogP contribution in [-0.2, 0) is 9.53 Å². The van der Waals surface area contributed by atoms with Crippen LogP contribution in [0.1, 0.15) is 22.2 Å². The number of carbonyl (C=O) groups excluding carboxylic acids is 2. The molecule has 1 fully saturated rings. The van der Waals surface area contributed by atoms with Crippen LogP contribution in [0, 0.1) is 0 Å². The fraction of sp³-hybridized carbons (Fsp3) is 0.294. The van der Waals surface area contributed by atoms with Crippen molar-refractivity contribution in [3.63, 3.8) is 0 Å². The average Bonchev–Trinajstić information content (AvgIpc) is 2.67. The Balaban J connectivity index is 1.54. The largest absolute Gasteiger partial charge is 0.370 e. The van der Waals surface area contributed by atoms with Gasteiger partial charge in [-0.2, -0.15) is 0 Å². The molecular formula is C17H18N4O3. The van der Waals surface area contributed by atoms with Crippen molar-refractivity contribution in [1.29, 1.82) is 0 Å². The second-order valence-corrected chi connectivity index (χ2v) is 5.38. The molecule has 124 valence electrons. The van der Waals surface area contributed by atoms with Crippen LogP contribution in [0.3, 0.4) is 0 Å². The number of hydrogen-bond donors (Lipinski definition) is 1. The Morgan fingerprint density at radius 1 is 1.25 bits per heavy atom. The first-order valence-corrected chi connectivity index (χ1v) is 7.72. The first kappa shape index (κ1) is 16.1. The first-order valence-electron chi connectivity index (χ1n) is 7.72. The summed E-state index contributed by atoms with van der Waals surface area (Å²) in [5.41, 5.74) is 1.23. The Bertz CT molecular complexity index is 693. The highest BCUT2D eigenvalue weighted by Gasteiger charge is 2.25. The number of amides is 2. The molecule has 0 bridgehead atoms.